The van der Waals surface area contributed by atoms with Gasteiger partial charge in [-0.1, -0.05) is 107 Å². The SMILES string of the molecule is CCOC(=O)c1c(O)c(Oc2ccc(C(C)(C)C)cc2C(C)(C)C)c(C(=O)OCC)c(O)c1Oc1ccc(C(C)(C)C)cc1C(C)(C)C. The predicted molar refractivity (Wildman–Crippen MR) is 190 cm³/mol. The molecule has 0 saturated heterocycles. The van der Waals surface area contributed by atoms with Crippen LogP contribution in [0.1, 0.15) is 140 Å². The minimum Gasteiger partial charge on any atom is -0.504 e. The van der Waals surface area contributed by atoms with Gasteiger partial charge in [-0.2, -0.15) is 0 Å². The Morgan fingerprint density at radius 2 is 0.854 bits per heavy atom. The smallest absolute Gasteiger partial charge is 0.346 e. The summed E-state index contributed by atoms with van der Waals surface area (Å²) >= 11 is 0. The summed E-state index contributed by atoms with van der Waals surface area (Å²) in [7, 11) is 0. The van der Waals surface area contributed by atoms with Crippen molar-refractivity contribution in [2.45, 2.75) is 119 Å². The van der Waals surface area contributed by atoms with E-state index in [1.165, 1.54) is 0 Å². The average molecular weight is 663 g/mol. The lowest BCUT2D eigenvalue weighted by molar-refractivity contribution is 0.0498. The molecule has 0 spiro atoms. The van der Waals surface area contributed by atoms with Crippen molar-refractivity contribution in [3.63, 3.8) is 0 Å². The molecule has 0 aliphatic heterocycles. The first-order valence-electron chi connectivity index (χ1n) is 16.5. The summed E-state index contributed by atoms with van der Waals surface area (Å²) in [5, 5.41) is 23.7. The number of rotatable bonds is 8. The van der Waals surface area contributed by atoms with Gasteiger partial charge in [-0.05, 0) is 58.8 Å². The number of ether oxygens (including phenoxy) is 4. The molecule has 0 heterocycles. The molecule has 3 aromatic carbocycles. The maximum absolute atomic E-state index is 13.5. The molecule has 2 N–H and O–H groups in total. The number of phenolic OH excluding ortho intramolecular Hbond substituents is 2. The Hall–Kier alpha value is -4.20. The molecule has 0 aromatic heterocycles. The van der Waals surface area contributed by atoms with Crippen molar-refractivity contribution in [3.8, 4) is 34.5 Å². The molecule has 8 heteroatoms. The van der Waals surface area contributed by atoms with E-state index in [0.29, 0.717) is 11.5 Å². The molecule has 0 fully saturated rings. The zero-order chi connectivity index (χ0) is 36.6. The van der Waals surface area contributed by atoms with Crippen molar-refractivity contribution in [2.24, 2.45) is 0 Å². The number of carbonyl (C=O) groups is 2. The standard InChI is InChI=1S/C40H54O8/c1-15-45-35(43)29-31(41)34(48-28-20-18-24(38(6,7)8)22-26(28)40(12,13)14)30(36(44)46-16-2)32(42)33(29)47-27-19-17-23(37(3,4)5)21-25(27)39(9,10)11/h17-22,41-42H,15-16H2,1-14H3. The molecule has 0 aliphatic rings. The second-order valence-corrected chi connectivity index (χ2v) is 16.2. The van der Waals surface area contributed by atoms with Crippen LogP contribution in [0.15, 0.2) is 36.4 Å². The first kappa shape index (κ1) is 38.2. The zero-order valence-electron chi connectivity index (χ0n) is 31.2. The molecule has 0 saturated carbocycles. The van der Waals surface area contributed by atoms with Crippen LogP contribution in [0.25, 0.3) is 0 Å². The fourth-order valence-electron chi connectivity index (χ4n) is 5.23. The van der Waals surface area contributed by atoms with Crippen LogP contribution in [0, 0.1) is 0 Å². The van der Waals surface area contributed by atoms with Gasteiger partial charge in [0.2, 0.25) is 0 Å². The number of aromatic hydroxyl groups is 2. The van der Waals surface area contributed by atoms with Gasteiger partial charge in [-0.15, -0.1) is 0 Å². The van der Waals surface area contributed by atoms with Crippen molar-refractivity contribution in [3.05, 3.63) is 69.8 Å². The Labute approximate surface area is 286 Å². The summed E-state index contributed by atoms with van der Waals surface area (Å²) in [6, 6.07) is 11.4. The fourth-order valence-corrected chi connectivity index (χ4v) is 5.23. The summed E-state index contributed by atoms with van der Waals surface area (Å²) in [4.78, 5) is 27.1. The highest BCUT2D eigenvalue weighted by Gasteiger charge is 2.37. The third-order valence-corrected chi connectivity index (χ3v) is 8.05. The van der Waals surface area contributed by atoms with E-state index in [1.54, 1.807) is 26.0 Å². The minimum absolute atomic E-state index is 0.0236. The van der Waals surface area contributed by atoms with Crippen LogP contribution < -0.4 is 9.47 Å². The Morgan fingerprint density at radius 1 is 0.542 bits per heavy atom. The lowest BCUT2D eigenvalue weighted by atomic mass is 9.80. The summed E-state index contributed by atoms with van der Waals surface area (Å²) < 4.78 is 23.3. The molecule has 3 aromatic rings. The lowest BCUT2D eigenvalue weighted by Gasteiger charge is -2.29. The third kappa shape index (κ3) is 8.26. The molecular weight excluding hydrogens is 608 g/mol. The average Bonchev–Trinajstić information content (AvgIpc) is 2.94. The molecule has 8 nitrogen and oxygen atoms in total. The maximum atomic E-state index is 13.5. The molecule has 0 atom stereocenters. The number of carbonyl (C=O) groups excluding carboxylic acids is 2. The number of benzene rings is 3. The molecule has 0 radical (unpaired) electrons. The second-order valence-electron chi connectivity index (χ2n) is 16.2. The number of phenols is 2. The quantitative estimate of drug-likeness (QED) is 0.181. The number of esters is 2. The van der Waals surface area contributed by atoms with Gasteiger partial charge in [0, 0.05) is 11.1 Å². The van der Waals surface area contributed by atoms with Gasteiger partial charge in [0.1, 0.15) is 11.5 Å². The van der Waals surface area contributed by atoms with Gasteiger partial charge in [-0.3, -0.25) is 0 Å². The van der Waals surface area contributed by atoms with Gasteiger partial charge in [0.05, 0.1) is 13.2 Å². The van der Waals surface area contributed by atoms with Gasteiger partial charge in [0.15, 0.2) is 34.1 Å². The summed E-state index contributed by atoms with van der Waals surface area (Å²) in [5.41, 5.74) is 1.54. The number of hydrogen-bond acceptors (Lipinski definition) is 8. The Balaban J connectivity index is 2.43. The third-order valence-electron chi connectivity index (χ3n) is 8.05. The summed E-state index contributed by atoms with van der Waals surface area (Å²) in [6.45, 7) is 27.9. The fraction of sp³-hybridized carbons (Fsp3) is 0.500. The van der Waals surface area contributed by atoms with Crippen LogP contribution >= 0.6 is 0 Å². The highest BCUT2D eigenvalue weighted by atomic mass is 16.5. The highest BCUT2D eigenvalue weighted by molar-refractivity contribution is 6.05. The van der Waals surface area contributed by atoms with E-state index in [4.69, 9.17) is 18.9 Å². The van der Waals surface area contributed by atoms with Crippen LogP contribution in [0.5, 0.6) is 34.5 Å². The topological polar surface area (TPSA) is 112 Å². The summed E-state index contributed by atoms with van der Waals surface area (Å²) in [5.74, 6) is -3.64. The van der Waals surface area contributed by atoms with Gasteiger partial charge < -0.3 is 29.2 Å². The zero-order valence-corrected chi connectivity index (χ0v) is 31.2. The van der Waals surface area contributed by atoms with E-state index in [9.17, 15) is 19.8 Å². The first-order chi connectivity index (χ1) is 21.9. The van der Waals surface area contributed by atoms with Crippen molar-refractivity contribution >= 4 is 11.9 Å². The largest absolute Gasteiger partial charge is 0.504 e. The van der Waals surface area contributed by atoms with Crippen LogP contribution in [0.2, 0.25) is 0 Å². The molecule has 0 unspecified atom stereocenters. The Kier molecular flexibility index (Phi) is 10.9. The highest BCUT2D eigenvalue weighted by Crippen LogP contribution is 2.52. The van der Waals surface area contributed by atoms with Crippen molar-refractivity contribution in [2.75, 3.05) is 13.2 Å². The monoisotopic (exact) mass is 662 g/mol. The number of hydrogen-bond donors (Lipinski definition) is 2. The van der Waals surface area contributed by atoms with Crippen LogP contribution in [-0.2, 0) is 31.1 Å². The van der Waals surface area contributed by atoms with Gasteiger partial charge in [-0.25, -0.2) is 9.59 Å². The van der Waals surface area contributed by atoms with E-state index >= 15 is 0 Å². The van der Waals surface area contributed by atoms with Crippen molar-refractivity contribution < 1.29 is 38.7 Å². The molecule has 0 amide bonds. The lowest BCUT2D eigenvalue weighted by Crippen LogP contribution is -2.18. The molecule has 0 aliphatic carbocycles. The Bertz CT molecular complexity index is 1550. The molecule has 48 heavy (non-hydrogen) atoms. The normalized spacial score (nSPS) is 12.5. The van der Waals surface area contributed by atoms with E-state index in [0.717, 1.165) is 22.3 Å². The molecular formula is C40H54O8. The van der Waals surface area contributed by atoms with E-state index in [1.807, 2.05) is 65.8 Å². The Morgan fingerprint density at radius 3 is 1.10 bits per heavy atom. The predicted octanol–water partition coefficient (Wildman–Crippen LogP) is 10.2. The first-order valence-corrected chi connectivity index (χ1v) is 16.5. The van der Waals surface area contributed by atoms with E-state index in [-0.39, 0.29) is 24.0 Å². The minimum atomic E-state index is -0.969. The maximum Gasteiger partial charge on any atom is 0.346 e. The van der Waals surface area contributed by atoms with Gasteiger partial charge in [0.25, 0.3) is 0 Å². The van der Waals surface area contributed by atoms with Crippen molar-refractivity contribution in [1.29, 1.82) is 0 Å². The van der Waals surface area contributed by atoms with E-state index in [2.05, 4.69) is 41.5 Å². The van der Waals surface area contributed by atoms with Crippen LogP contribution in [0.3, 0.4) is 0 Å². The van der Waals surface area contributed by atoms with E-state index < -0.39 is 56.9 Å². The molecule has 3 rings (SSSR count). The van der Waals surface area contributed by atoms with Crippen LogP contribution in [0.4, 0.5) is 0 Å². The molecule has 262 valence electrons. The second kappa shape index (κ2) is 13.7. The molecule has 0 bridgehead atoms. The van der Waals surface area contributed by atoms with Crippen LogP contribution in [-0.4, -0.2) is 35.4 Å². The summed E-state index contributed by atoms with van der Waals surface area (Å²) in [6.07, 6.45) is 0. The van der Waals surface area contributed by atoms with Crippen molar-refractivity contribution in [1.82, 2.24) is 0 Å². The van der Waals surface area contributed by atoms with Gasteiger partial charge >= 0.3 is 11.9 Å².